The Bertz CT molecular complexity index is 3220. The van der Waals surface area contributed by atoms with E-state index < -0.39 is 20.5 Å². The Kier molecular flexibility index (Phi) is 5.30. The van der Waals surface area contributed by atoms with Crippen molar-refractivity contribution < 1.29 is 14.0 Å². The maximum absolute atomic E-state index is 9.32. The first-order chi connectivity index (χ1) is 27.7. The van der Waals surface area contributed by atoms with Crippen molar-refractivity contribution in [2.75, 3.05) is 0 Å². The first-order valence-corrected chi connectivity index (χ1v) is 17.7. The number of fused-ring (bicyclic) bond motifs is 6. The molecule has 0 spiro atoms. The normalized spacial score (nSPS) is 13.6. The van der Waals surface area contributed by atoms with Gasteiger partial charge in [-0.3, -0.25) is 0 Å². The summed E-state index contributed by atoms with van der Waals surface area (Å²) in [7, 11) is 0. The third kappa shape index (κ3) is 4.87. The van der Waals surface area contributed by atoms with Gasteiger partial charge in [0.2, 0.25) is 0 Å². The van der Waals surface area contributed by atoms with E-state index in [0.717, 1.165) is 33.0 Å². The monoisotopic (exact) mass is 712 g/mol. The number of hydrogen-bond acceptors (Lipinski definition) is 4. The third-order valence-corrected chi connectivity index (χ3v) is 11.2. The number of furan rings is 1. The zero-order valence-electron chi connectivity index (χ0n) is 33.2. The second-order valence-electron chi connectivity index (χ2n) is 11.9. The van der Waals surface area contributed by atoms with Crippen LogP contribution in [-0.4, -0.2) is 29.5 Å². The number of aromatic nitrogens is 3. The number of nitrogens with zero attached hydrogens (tertiary/aromatic N) is 3. The molecule has 10 aromatic rings. The Morgan fingerprint density at radius 2 is 1.08 bits per heavy atom. The van der Waals surface area contributed by atoms with Crippen LogP contribution in [0.25, 0.3) is 97.6 Å². The van der Waals surface area contributed by atoms with Crippen LogP contribution in [0.1, 0.15) is 9.60 Å². The molecule has 10 rings (SSSR count). The Balaban J connectivity index is 1.33. The van der Waals surface area contributed by atoms with Gasteiger partial charge in [0.25, 0.3) is 0 Å². The topological polar surface area (TPSA) is 51.8 Å². The van der Waals surface area contributed by atoms with Crippen LogP contribution in [0.5, 0.6) is 0 Å². The molecule has 0 amide bonds. The van der Waals surface area contributed by atoms with Gasteiger partial charge >= 0.3 is 305 Å². The fourth-order valence-corrected chi connectivity index (χ4v) is 8.76. The fraction of sp³-hybridized carbons (Fsp3) is 0. The van der Waals surface area contributed by atoms with Crippen molar-refractivity contribution in [3.63, 3.8) is 0 Å². The van der Waals surface area contributed by atoms with Gasteiger partial charge in [0.1, 0.15) is 0 Å². The van der Waals surface area contributed by atoms with E-state index in [1.165, 1.54) is 0 Å². The van der Waals surface area contributed by atoms with Crippen LogP contribution in [0, 0.1) is 0 Å². The number of rotatable bonds is 5. The van der Waals surface area contributed by atoms with Crippen molar-refractivity contribution in [3.05, 3.63) is 164 Å². The minimum atomic E-state index is -0.767. The average Bonchev–Trinajstić information content (AvgIpc) is 3.84. The Labute approximate surface area is 303 Å². The summed E-state index contributed by atoms with van der Waals surface area (Å²) < 4.78 is 68.8. The molecule has 5 heteroatoms. The molecule has 0 aliphatic rings. The number of para-hydroxylation sites is 1. The van der Waals surface area contributed by atoms with Gasteiger partial charge in [0, 0.05) is 0 Å². The van der Waals surface area contributed by atoms with Gasteiger partial charge in [-0.05, 0) is 0 Å². The Morgan fingerprint density at radius 3 is 1.86 bits per heavy atom. The zero-order valence-corrected chi connectivity index (χ0v) is 27.9. The van der Waals surface area contributed by atoms with E-state index in [1.54, 1.807) is 0 Å². The van der Waals surface area contributed by atoms with Crippen molar-refractivity contribution in [2.24, 2.45) is 0 Å². The summed E-state index contributed by atoms with van der Waals surface area (Å²) in [4.78, 5) is 15.3. The quantitative estimate of drug-likeness (QED) is 0.167. The molecule has 4 nitrogen and oxygen atoms in total. The maximum atomic E-state index is 9.32. The first kappa shape index (κ1) is 22.5. The van der Waals surface area contributed by atoms with Gasteiger partial charge in [0.15, 0.2) is 0 Å². The summed E-state index contributed by atoms with van der Waals surface area (Å²) >= 11 is -0.767. The average molecular weight is 712 g/mol. The molecule has 50 heavy (non-hydrogen) atoms. The van der Waals surface area contributed by atoms with E-state index in [4.69, 9.17) is 27.6 Å². The van der Waals surface area contributed by atoms with Crippen molar-refractivity contribution in [1.82, 2.24) is 15.0 Å². The molecule has 0 bridgehead atoms. The van der Waals surface area contributed by atoms with E-state index in [9.17, 15) is 1.37 Å². The van der Waals surface area contributed by atoms with E-state index in [2.05, 4.69) is 6.07 Å². The predicted molar refractivity (Wildman–Crippen MR) is 206 cm³/mol. The van der Waals surface area contributed by atoms with E-state index in [-0.39, 0.29) is 58.4 Å². The SMILES string of the molecule is [2H]c1c([2H])c([2H])c2c([se]c3c(-c4nc(-c5cc(-c6ccccc6)cc(-c6ccccc6)c5)nc(-c5cccc6oc7ccccc7c56)n4)c([2H])c([2H])c([2H])c32)c1[2H]. The molecule has 0 atom stereocenters. The molecular weight excluding hydrogens is 677 g/mol. The third-order valence-electron chi connectivity index (χ3n) is 8.84. The van der Waals surface area contributed by atoms with Crippen LogP contribution in [-0.2, 0) is 0 Å². The Morgan fingerprint density at radius 1 is 0.460 bits per heavy atom. The number of hydrogen-bond donors (Lipinski definition) is 0. The molecule has 3 aromatic heterocycles. The van der Waals surface area contributed by atoms with Crippen molar-refractivity contribution in [2.45, 2.75) is 0 Å². The van der Waals surface area contributed by atoms with Crippen LogP contribution >= 0.6 is 0 Å². The molecule has 0 unspecified atom stereocenters. The molecule has 234 valence electrons. The van der Waals surface area contributed by atoms with Gasteiger partial charge in [-0.15, -0.1) is 0 Å². The van der Waals surface area contributed by atoms with Gasteiger partial charge in [-0.2, -0.15) is 0 Å². The van der Waals surface area contributed by atoms with E-state index in [1.807, 2.05) is 115 Å². The summed E-state index contributed by atoms with van der Waals surface area (Å²) in [6, 6.07) is 37.5. The molecule has 3 heterocycles. The van der Waals surface area contributed by atoms with Crippen molar-refractivity contribution >= 4 is 55.7 Å². The van der Waals surface area contributed by atoms with Crippen LogP contribution in [0.15, 0.2) is 168 Å². The van der Waals surface area contributed by atoms with Crippen molar-refractivity contribution in [1.29, 1.82) is 0 Å². The molecule has 0 saturated heterocycles. The molecule has 7 aromatic carbocycles. The fourth-order valence-electron chi connectivity index (χ4n) is 6.54. The molecule has 0 fully saturated rings. The summed E-state index contributed by atoms with van der Waals surface area (Å²) in [5, 5.41) is 2.10. The Hall–Kier alpha value is -6.13. The summed E-state index contributed by atoms with van der Waals surface area (Å²) in [6.45, 7) is 0. The number of benzene rings is 7. The van der Waals surface area contributed by atoms with Crippen LogP contribution in [0.4, 0.5) is 0 Å². The second-order valence-corrected chi connectivity index (χ2v) is 14.0. The second kappa shape index (κ2) is 11.8. The molecule has 0 aliphatic heterocycles. The van der Waals surface area contributed by atoms with Crippen LogP contribution < -0.4 is 0 Å². The minimum absolute atomic E-state index is 0.103. The molecule has 0 radical (unpaired) electrons. The van der Waals surface area contributed by atoms with Crippen molar-refractivity contribution in [3.8, 4) is 56.4 Å². The molecule has 0 saturated carbocycles. The molecular formula is C45H27N3OSe. The molecule has 0 aliphatic carbocycles. The summed E-state index contributed by atoms with van der Waals surface area (Å²) in [5.41, 5.74) is 6.78. The molecule has 0 N–H and O–H groups in total. The van der Waals surface area contributed by atoms with Gasteiger partial charge in [-0.1, -0.05) is 0 Å². The van der Waals surface area contributed by atoms with Crippen LogP contribution in [0.2, 0.25) is 0 Å². The van der Waals surface area contributed by atoms with E-state index >= 15 is 0 Å². The summed E-state index contributed by atoms with van der Waals surface area (Å²) in [5.74, 6) is 0.725. The van der Waals surface area contributed by atoms with E-state index in [0.29, 0.717) is 42.5 Å². The standard InChI is InChI=1S/C45H27N3OSe/c1-3-13-28(14-4-1)30-25-31(29-15-5-2-6-16-29)27-32(26-30)43-46-44(36-20-12-23-39-41(36)35-18-7-9-22-38(35)49-39)48-45(47-43)37-21-11-19-34-33-17-8-10-24-40(33)50-42(34)37/h1-27H/i8D,10D,11D,17D,19D,21D,24D. The van der Waals surface area contributed by atoms with Crippen LogP contribution in [0.3, 0.4) is 0 Å². The van der Waals surface area contributed by atoms with Gasteiger partial charge < -0.3 is 0 Å². The van der Waals surface area contributed by atoms with Gasteiger partial charge in [-0.25, -0.2) is 0 Å². The predicted octanol–water partition coefficient (Wildman–Crippen LogP) is 11.5. The summed E-state index contributed by atoms with van der Waals surface area (Å²) in [6.07, 6.45) is 0. The van der Waals surface area contributed by atoms with Gasteiger partial charge in [0.05, 0.1) is 0 Å². The zero-order chi connectivity index (χ0) is 39.1. The first-order valence-electron chi connectivity index (χ1n) is 19.5.